The molecule has 4 aliphatic rings. The van der Waals surface area contributed by atoms with Crippen LogP contribution < -0.4 is 0 Å². The first-order chi connectivity index (χ1) is 14.3. The van der Waals surface area contributed by atoms with Crippen LogP contribution in [0, 0.1) is 46.0 Å². The molecule has 0 aromatic carbocycles. The van der Waals surface area contributed by atoms with Gasteiger partial charge in [-0.2, -0.15) is 5.26 Å². The minimum absolute atomic E-state index is 0.00844. The number of nitrogens with zero attached hydrogens (tertiary/aromatic N) is 1. The van der Waals surface area contributed by atoms with Gasteiger partial charge in [0.15, 0.2) is 5.78 Å². The first-order valence-electron chi connectivity index (χ1n) is 11.4. The number of hydrogen-bond acceptors (Lipinski definition) is 5. The number of aliphatic hydroxyl groups excluding tert-OH is 1. The fourth-order valence-corrected chi connectivity index (χ4v) is 10.4. The number of aliphatic hydroxyl groups is 2. The van der Waals surface area contributed by atoms with E-state index in [1.807, 2.05) is 19.2 Å². The van der Waals surface area contributed by atoms with E-state index in [9.17, 15) is 15.0 Å². The van der Waals surface area contributed by atoms with Crippen LogP contribution in [0.2, 0.25) is 13.1 Å². The van der Waals surface area contributed by atoms with Crippen molar-refractivity contribution in [2.75, 3.05) is 0 Å². The topological polar surface area (TPSA) is 90.5 Å². The average molecular weight is 464 g/mol. The fourth-order valence-electron chi connectivity index (χ4n) is 7.95. The molecule has 4 aliphatic carbocycles. The highest BCUT2D eigenvalue weighted by molar-refractivity contribution is 6.80. The van der Waals surface area contributed by atoms with Gasteiger partial charge in [0.05, 0.1) is 16.7 Å². The summed E-state index contributed by atoms with van der Waals surface area (Å²) in [5, 5.41) is 32.0. The van der Waals surface area contributed by atoms with E-state index in [1.54, 1.807) is 18.4 Å². The second kappa shape index (κ2) is 7.18. The van der Waals surface area contributed by atoms with Crippen LogP contribution in [-0.4, -0.2) is 41.0 Å². The van der Waals surface area contributed by atoms with Crippen LogP contribution in [0.4, 0.5) is 0 Å². The standard InChI is InChI=1S/C24H34ClNO4Si/c1-14-10-16-17-7-9-24(29,21(25)31(4,5)30-13-26)23(17,3)12-19(28)20(16)22(2)8-6-15(27)11-18(14)22/h6,8,11,14,16-17,19-21,28-29H,7,9-10,12H2,1-5H3/t14-,16?,17?,19-,20?,21+,22-,23-,24-/m0/s1. The molecular formula is C24H34ClNO4Si. The summed E-state index contributed by atoms with van der Waals surface area (Å²) in [6.07, 6.45) is 9.33. The average Bonchev–Trinajstić information content (AvgIpc) is 2.94. The molecule has 3 fully saturated rings. The Labute approximate surface area is 191 Å². The first-order valence-corrected chi connectivity index (χ1v) is 14.8. The molecule has 31 heavy (non-hydrogen) atoms. The van der Waals surface area contributed by atoms with Gasteiger partial charge in [-0.3, -0.25) is 4.79 Å². The van der Waals surface area contributed by atoms with Gasteiger partial charge >= 0.3 is 0 Å². The second-order valence-electron chi connectivity index (χ2n) is 11.4. The van der Waals surface area contributed by atoms with Gasteiger partial charge in [-0.1, -0.05) is 32.4 Å². The van der Waals surface area contributed by atoms with Crippen LogP contribution in [0.1, 0.15) is 46.5 Å². The van der Waals surface area contributed by atoms with E-state index in [0.29, 0.717) is 12.8 Å². The highest BCUT2D eigenvalue weighted by Gasteiger charge is 2.70. The number of carbonyl (C=O) groups is 1. The summed E-state index contributed by atoms with van der Waals surface area (Å²) in [6.45, 7) is 10.1. The number of alkyl halides is 1. The lowest BCUT2D eigenvalue weighted by Crippen LogP contribution is -2.65. The van der Waals surface area contributed by atoms with Crippen molar-refractivity contribution in [3.05, 3.63) is 23.8 Å². The third-order valence-corrected chi connectivity index (χ3v) is 13.6. The normalized spacial score (nSPS) is 47.5. The van der Waals surface area contributed by atoms with Crippen molar-refractivity contribution in [1.29, 1.82) is 5.26 Å². The molecule has 3 unspecified atom stereocenters. The maximum atomic E-state index is 12.1. The Hall–Kier alpha value is -1.13. The first kappa shape index (κ1) is 23.0. The Bertz CT molecular complexity index is 897. The minimum atomic E-state index is -2.68. The molecule has 0 bridgehead atoms. The van der Waals surface area contributed by atoms with Crippen LogP contribution in [0.25, 0.3) is 0 Å². The van der Waals surface area contributed by atoms with Crippen molar-refractivity contribution in [2.45, 2.75) is 76.3 Å². The maximum Gasteiger partial charge on any atom is 0.282 e. The lowest BCUT2D eigenvalue weighted by atomic mass is 9.45. The molecule has 7 heteroatoms. The van der Waals surface area contributed by atoms with E-state index in [0.717, 1.165) is 18.4 Å². The Morgan fingerprint density at radius 1 is 1.39 bits per heavy atom. The van der Waals surface area contributed by atoms with Crippen LogP contribution in [0.15, 0.2) is 23.8 Å². The van der Waals surface area contributed by atoms with Gasteiger partial charge in [0.25, 0.3) is 14.6 Å². The molecule has 0 spiro atoms. The lowest BCUT2D eigenvalue weighted by Gasteiger charge is -2.61. The number of rotatable bonds is 3. The third-order valence-electron chi connectivity index (χ3n) is 9.37. The molecule has 4 rings (SSSR count). The predicted octanol–water partition coefficient (Wildman–Crippen LogP) is 4.09. The van der Waals surface area contributed by atoms with Crippen LogP contribution in [0.3, 0.4) is 0 Å². The van der Waals surface area contributed by atoms with Crippen molar-refractivity contribution in [1.82, 2.24) is 0 Å². The molecule has 0 aromatic heterocycles. The summed E-state index contributed by atoms with van der Waals surface area (Å²) >= 11 is 6.91. The fraction of sp³-hybridized carbons (Fsp3) is 0.750. The van der Waals surface area contributed by atoms with Gasteiger partial charge < -0.3 is 14.6 Å². The number of hydrogen-bond donors (Lipinski definition) is 2. The van der Waals surface area contributed by atoms with E-state index >= 15 is 0 Å². The molecule has 0 aliphatic heterocycles. The smallest absolute Gasteiger partial charge is 0.282 e. The number of ketones is 1. The monoisotopic (exact) mass is 463 g/mol. The molecule has 2 N–H and O–H groups in total. The van der Waals surface area contributed by atoms with Gasteiger partial charge in [-0.25, -0.2) is 0 Å². The van der Waals surface area contributed by atoms with Crippen LogP contribution >= 0.6 is 11.6 Å². The van der Waals surface area contributed by atoms with Crippen molar-refractivity contribution in [3.63, 3.8) is 0 Å². The number of carbonyl (C=O) groups excluding carboxylic acids is 1. The number of allylic oxidation sites excluding steroid dienone is 4. The lowest BCUT2D eigenvalue weighted by molar-refractivity contribution is -0.164. The number of nitriles is 1. The van der Waals surface area contributed by atoms with E-state index in [2.05, 4.69) is 20.8 Å². The molecular weight excluding hydrogens is 430 g/mol. The summed E-state index contributed by atoms with van der Waals surface area (Å²) in [6, 6.07) is 0. The number of fused-ring (bicyclic) bond motifs is 5. The van der Waals surface area contributed by atoms with Crippen molar-refractivity contribution in [3.8, 4) is 6.26 Å². The minimum Gasteiger partial charge on any atom is -0.481 e. The third kappa shape index (κ3) is 3.03. The van der Waals surface area contributed by atoms with Crippen molar-refractivity contribution in [2.24, 2.45) is 34.5 Å². The van der Waals surface area contributed by atoms with E-state index in [-0.39, 0.29) is 34.9 Å². The Morgan fingerprint density at radius 2 is 2.06 bits per heavy atom. The molecule has 3 saturated carbocycles. The summed E-state index contributed by atoms with van der Waals surface area (Å²) in [5.41, 5.74) is -0.982. The molecule has 0 amide bonds. The van der Waals surface area contributed by atoms with E-state index < -0.39 is 30.4 Å². The zero-order valence-corrected chi connectivity index (χ0v) is 20.8. The summed E-state index contributed by atoms with van der Waals surface area (Å²) < 4.78 is 5.38. The Balaban J connectivity index is 1.74. The largest absolute Gasteiger partial charge is 0.481 e. The van der Waals surface area contributed by atoms with Crippen molar-refractivity contribution < 1.29 is 19.4 Å². The molecule has 0 saturated heterocycles. The second-order valence-corrected chi connectivity index (χ2v) is 16.2. The van der Waals surface area contributed by atoms with Crippen molar-refractivity contribution >= 4 is 25.7 Å². The molecule has 0 heterocycles. The zero-order chi connectivity index (χ0) is 23.0. The summed E-state index contributed by atoms with van der Waals surface area (Å²) in [5.74, 6) is 0.712. The maximum absolute atomic E-state index is 12.1. The highest BCUT2D eigenvalue weighted by atomic mass is 35.5. The number of halogens is 1. The highest BCUT2D eigenvalue weighted by Crippen LogP contribution is 2.68. The Kier molecular flexibility index (Phi) is 5.34. The van der Waals surface area contributed by atoms with Gasteiger partial charge in [0.1, 0.15) is 0 Å². The van der Waals surface area contributed by atoms with Gasteiger partial charge in [-0.05, 0) is 68.7 Å². The van der Waals surface area contributed by atoms with Gasteiger partial charge in [-0.15, -0.1) is 11.6 Å². The van der Waals surface area contributed by atoms with E-state index in [4.69, 9.17) is 21.3 Å². The quantitative estimate of drug-likeness (QED) is 0.373. The summed E-state index contributed by atoms with van der Waals surface area (Å²) in [4.78, 5) is 12.1. The molecule has 5 nitrogen and oxygen atoms in total. The van der Waals surface area contributed by atoms with Gasteiger partial charge in [0.2, 0.25) is 0 Å². The van der Waals surface area contributed by atoms with Gasteiger partial charge in [0, 0.05) is 16.7 Å². The Morgan fingerprint density at radius 3 is 2.71 bits per heavy atom. The van der Waals surface area contributed by atoms with Crippen LogP contribution in [0.5, 0.6) is 0 Å². The molecule has 0 aromatic rings. The SMILES string of the molecule is C[C@H]1CC2C([C@@H](O)C[C@@]3(C)C2CC[C@]3(O)[C@H](Cl)[Si](C)(C)OC#N)[C@@]2(C)C=CC(=O)C=C12. The summed E-state index contributed by atoms with van der Waals surface area (Å²) in [7, 11) is -2.68. The molecule has 9 atom stereocenters. The predicted molar refractivity (Wildman–Crippen MR) is 121 cm³/mol. The zero-order valence-electron chi connectivity index (χ0n) is 19.1. The molecule has 170 valence electrons. The molecule has 0 radical (unpaired) electrons. The van der Waals surface area contributed by atoms with Crippen LogP contribution in [-0.2, 0) is 9.22 Å². The van der Waals surface area contributed by atoms with E-state index in [1.165, 1.54) is 0 Å².